The maximum atomic E-state index is 12.2. The molecule has 3 aromatic rings. The Bertz CT molecular complexity index is 792. The summed E-state index contributed by atoms with van der Waals surface area (Å²) in [5, 5.41) is 5.90. The number of nitrogens with one attached hydrogen (secondary N) is 1. The van der Waals surface area contributed by atoms with E-state index >= 15 is 0 Å². The highest BCUT2D eigenvalue weighted by molar-refractivity contribution is 6.07. The zero-order valence-electron chi connectivity index (χ0n) is 11.2. The van der Waals surface area contributed by atoms with Gasteiger partial charge >= 0.3 is 0 Å². The molecule has 0 bridgehead atoms. The van der Waals surface area contributed by atoms with Gasteiger partial charge in [0.25, 0.3) is 5.91 Å². The maximum absolute atomic E-state index is 12.2. The van der Waals surface area contributed by atoms with E-state index in [1.54, 1.807) is 24.7 Å². The molecular weight excluding hydrogens is 262 g/mol. The van der Waals surface area contributed by atoms with Gasteiger partial charge in [0.15, 0.2) is 0 Å². The monoisotopic (exact) mass is 275 g/mol. The van der Waals surface area contributed by atoms with Crippen LogP contribution in [-0.2, 0) is 0 Å². The molecule has 0 radical (unpaired) electrons. The van der Waals surface area contributed by atoms with Crippen molar-refractivity contribution in [2.75, 3.05) is 0 Å². The van der Waals surface area contributed by atoms with Crippen LogP contribution >= 0.6 is 0 Å². The fraction of sp³-hybridized carbons (Fsp3) is 0. The van der Waals surface area contributed by atoms with Crippen LogP contribution in [0.25, 0.3) is 10.8 Å². The molecule has 4 nitrogen and oxygen atoms in total. The van der Waals surface area contributed by atoms with Gasteiger partial charge in [0, 0.05) is 23.5 Å². The third kappa shape index (κ3) is 2.95. The number of carbonyl (C=O) groups excluding carboxylic acids is 1. The van der Waals surface area contributed by atoms with Crippen molar-refractivity contribution in [3.63, 3.8) is 0 Å². The highest BCUT2D eigenvalue weighted by atomic mass is 16.2. The van der Waals surface area contributed by atoms with E-state index < -0.39 is 0 Å². The van der Waals surface area contributed by atoms with Crippen molar-refractivity contribution in [1.29, 1.82) is 0 Å². The average molecular weight is 275 g/mol. The Hall–Kier alpha value is -3.01. The smallest absolute Gasteiger partial charge is 0.267 e. The molecule has 1 heterocycles. The highest BCUT2D eigenvalue weighted by Crippen LogP contribution is 2.18. The largest absolute Gasteiger partial charge is 0.271 e. The molecule has 1 aromatic heterocycles. The maximum Gasteiger partial charge on any atom is 0.271 e. The van der Waals surface area contributed by atoms with Gasteiger partial charge in [0.2, 0.25) is 0 Å². The van der Waals surface area contributed by atoms with E-state index in [9.17, 15) is 4.79 Å². The van der Waals surface area contributed by atoms with E-state index in [4.69, 9.17) is 0 Å². The van der Waals surface area contributed by atoms with Crippen molar-refractivity contribution in [1.82, 2.24) is 10.4 Å². The number of pyridine rings is 1. The second kappa shape index (κ2) is 5.96. The molecule has 0 saturated heterocycles. The normalized spacial score (nSPS) is 10.9. The molecule has 21 heavy (non-hydrogen) atoms. The predicted molar refractivity (Wildman–Crippen MR) is 83.2 cm³/mol. The number of benzene rings is 2. The van der Waals surface area contributed by atoms with E-state index in [1.165, 1.54) is 0 Å². The molecule has 1 N–H and O–H groups in total. The second-order valence-electron chi connectivity index (χ2n) is 4.51. The van der Waals surface area contributed by atoms with Crippen LogP contribution in [0.4, 0.5) is 0 Å². The van der Waals surface area contributed by atoms with E-state index in [-0.39, 0.29) is 5.91 Å². The van der Waals surface area contributed by atoms with Crippen molar-refractivity contribution in [3.05, 3.63) is 78.1 Å². The molecule has 4 heteroatoms. The molecule has 0 aliphatic carbocycles. The molecule has 3 rings (SSSR count). The fourth-order valence-corrected chi connectivity index (χ4v) is 2.10. The molecule has 0 unspecified atom stereocenters. The molecule has 0 spiro atoms. The summed E-state index contributed by atoms with van der Waals surface area (Å²) in [7, 11) is 0. The van der Waals surface area contributed by atoms with Crippen LogP contribution in [0, 0.1) is 0 Å². The van der Waals surface area contributed by atoms with Crippen molar-refractivity contribution in [2.45, 2.75) is 0 Å². The van der Waals surface area contributed by atoms with Crippen LogP contribution in [-0.4, -0.2) is 17.1 Å². The van der Waals surface area contributed by atoms with E-state index in [0.717, 1.165) is 16.3 Å². The quantitative estimate of drug-likeness (QED) is 0.590. The first-order valence-electron chi connectivity index (χ1n) is 6.56. The standard InChI is InChI=1S/C17H13N3O/c21-17(20-19-12-13-5-4-10-18-11-13)16-9-3-7-14-6-1-2-8-15(14)16/h1-12H,(H,20,21)/b19-12-. The lowest BCUT2D eigenvalue weighted by Gasteiger charge is -2.04. The minimum atomic E-state index is -0.230. The van der Waals surface area contributed by atoms with Gasteiger partial charge in [-0.1, -0.05) is 42.5 Å². The summed E-state index contributed by atoms with van der Waals surface area (Å²) >= 11 is 0. The van der Waals surface area contributed by atoms with Gasteiger partial charge in [-0.25, -0.2) is 5.43 Å². The Labute approximate surface area is 122 Å². The Kier molecular flexibility index (Phi) is 3.69. The molecule has 2 aromatic carbocycles. The first-order chi connectivity index (χ1) is 10.3. The zero-order valence-corrected chi connectivity index (χ0v) is 11.2. The third-order valence-electron chi connectivity index (χ3n) is 3.10. The van der Waals surface area contributed by atoms with Gasteiger partial charge in [0.1, 0.15) is 0 Å². The molecule has 0 atom stereocenters. The Morgan fingerprint density at radius 1 is 1.05 bits per heavy atom. The number of hydrogen-bond acceptors (Lipinski definition) is 3. The van der Waals surface area contributed by atoms with Crippen LogP contribution in [0.5, 0.6) is 0 Å². The number of carbonyl (C=O) groups is 1. The molecule has 0 aliphatic heterocycles. The summed E-state index contributed by atoms with van der Waals surface area (Å²) < 4.78 is 0. The summed E-state index contributed by atoms with van der Waals surface area (Å²) in [6.45, 7) is 0. The number of rotatable bonds is 3. The number of aromatic nitrogens is 1. The third-order valence-corrected chi connectivity index (χ3v) is 3.10. The summed E-state index contributed by atoms with van der Waals surface area (Å²) in [5.41, 5.74) is 3.98. The predicted octanol–water partition coefficient (Wildman–Crippen LogP) is 3.00. The number of hydrogen-bond donors (Lipinski definition) is 1. The van der Waals surface area contributed by atoms with E-state index in [1.807, 2.05) is 48.5 Å². The number of amides is 1. The van der Waals surface area contributed by atoms with Crippen LogP contribution in [0.15, 0.2) is 72.1 Å². The lowest BCUT2D eigenvalue weighted by atomic mass is 10.0. The van der Waals surface area contributed by atoms with Crippen molar-refractivity contribution < 1.29 is 4.79 Å². The first kappa shape index (κ1) is 13.0. The lowest BCUT2D eigenvalue weighted by Crippen LogP contribution is -2.17. The van der Waals surface area contributed by atoms with Gasteiger partial charge in [-0.2, -0.15) is 5.10 Å². The molecule has 102 valence electrons. The summed E-state index contributed by atoms with van der Waals surface area (Å²) in [6.07, 6.45) is 4.93. The van der Waals surface area contributed by atoms with Crippen LogP contribution in [0.3, 0.4) is 0 Å². The Morgan fingerprint density at radius 2 is 1.90 bits per heavy atom. The lowest BCUT2D eigenvalue weighted by molar-refractivity contribution is 0.0957. The highest BCUT2D eigenvalue weighted by Gasteiger charge is 2.08. The van der Waals surface area contributed by atoms with Crippen LogP contribution < -0.4 is 5.43 Å². The molecule has 0 saturated carbocycles. The van der Waals surface area contributed by atoms with Crippen molar-refractivity contribution >= 4 is 22.9 Å². The van der Waals surface area contributed by atoms with Gasteiger partial charge in [-0.3, -0.25) is 9.78 Å². The minimum absolute atomic E-state index is 0.230. The number of fused-ring (bicyclic) bond motifs is 1. The topological polar surface area (TPSA) is 54.4 Å². The van der Waals surface area contributed by atoms with Crippen LogP contribution in [0.1, 0.15) is 15.9 Å². The summed E-state index contributed by atoms with van der Waals surface area (Å²) in [5.74, 6) is -0.230. The average Bonchev–Trinajstić information content (AvgIpc) is 2.55. The van der Waals surface area contributed by atoms with Crippen molar-refractivity contribution in [3.8, 4) is 0 Å². The van der Waals surface area contributed by atoms with Gasteiger partial charge in [0.05, 0.1) is 6.21 Å². The minimum Gasteiger partial charge on any atom is -0.267 e. The van der Waals surface area contributed by atoms with Crippen LogP contribution in [0.2, 0.25) is 0 Å². The van der Waals surface area contributed by atoms with E-state index in [2.05, 4.69) is 15.5 Å². The SMILES string of the molecule is O=C(N/N=C\c1cccnc1)c1cccc2ccccc12. The molecule has 1 amide bonds. The molecule has 0 aliphatic rings. The summed E-state index contributed by atoms with van der Waals surface area (Å²) in [4.78, 5) is 16.2. The Morgan fingerprint density at radius 3 is 2.76 bits per heavy atom. The number of nitrogens with zero attached hydrogens (tertiary/aromatic N) is 2. The second-order valence-corrected chi connectivity index (χ2v) is 4.51. The van der Waals surface area contributed by atoms with E-state index in [0.29, 0.717) is 5.56 Å². The first-order valence-corrected chi connectivity index (χ1v) is 6.56. The summed E-state index contributed by atoms with van der Waals surface area (Å²) in [6, 6.07) is 17.1. The van der Waals surface area contributed by atoms with Crippen molar-refractivity contribution in [2.24, 2.45) is 5.10 Å². The number of hydrazone groups is 1. The van der Waals surface area contributed by atoms with Gasteiger partial charge in [-0.05, 0) is 22.9 Å². The zero-order chi connectivity index (χ0) is 14.5. The van der Waals surface area contributed by atoms with Gasteiger partial charge in [-0.15, -0.1) is 0 Å². The fourth-order valence-electron chi connectivity index (χ4n) is 2.10. The van der Waals surface area contributed by atoms with Gasteiger partial charge < -0.3 is 0 Å². The molecule has 0 fully saturated rings. The Balaban J connectivity index is 1.80. The molecular formula is C17H13N3O.